The first-order valence-electron chi connectivity index (χ1n) is 6.79. The van der Waals surface area contributed by atoms with Gasteiger partial charge in [0, 0.05) is 25.3 Å². The SMILES string of the molecule is CN(CC#CCN(C)C1CCOC1)C1CCOC1. The van der Waals surface area contributed by atoms with E-state index in [1.807, 2.05) is 0 Å². The summed E-state index contributed by atoms with van der Waals surface area (Å²) < 4.78 is 10.8. The van der Waals surface area contributed by atoms with Crippen LogP contribution in [0, 0.1) is 11.8 Å². The number of likely N-dealkylation sites (N-methyl/N-ethyl adjacent to an activating group) is 2. The van der Waals surface area contributed by atoms with Gasteiger partial charge in [0.05, 0.1) is 26.3 Å². The highest BCUT2D eigenvalue weighted by Crippen LogP contribution is 2.10. The summed E-state index contributed by atoms with van der Waals surface area (Å²) in [5.41, 5.74) is 0. The Hall–Kier alpha value is -0.600. The van der Waals surface area contributed by atoms with E-state index in [0.717, 1.165) is 52.4 Å². The number of hydrogen-bond donors (Lipinski definition) is 0. The molecule has 2 aliphatic rings. The average Bonchev–Trinajstić information content (AvgIpc) is 3.05. The minimum absolute atomic E-state index is 0.556. The lowest BCUT2D eigenvalue weighted by atomic mass is 10.2. The molecule has 2 heterocycles. The molecule has 0 aromatic carbocycles. The highest BCUT2D eigenvalue weighted by atomic mass is 16.5. The van der Waals surface area contributed by atoms with Crippen LogP contribution in [0.3, 0.4) is 0 Å². The van der Waals surface area contributed by atoms with Gasteiger partial charge in [-0.3, -0.25) is 9.80 Å². The Morgan fingerprint density at radius 2 is 1.33 bits per heavy atom. The van der Waals surface area contributed by atoms with E-state index in [1.165, 1.54) is 0 Å². The van der Waals surface area contributed by atoms with Gasteiger partial charge in [-0.15, -0.1) is 0 Å². The molecule has 0 spiro atoms. The van der Waals surface area contributed by atoms with Crippen molar-refractivity contribution in [3.05, 3.63) is 0 Å². The van der Waals surface area contributed by atoms with Crippen LogP contribution in [0.1, 0.15) is 12.8 Å². The van der Waals surface area contributed by atoms with Gasteiger partial charge < -0.3 is 9.47 Å². The zero-order chi connectivity index (χ0) is 12.8. The fourth-order valence-corrected chi connectivity index (χ4v) is 2.36. The molecule has 2 saturated heterocycles. The lowest BCUT2D eigenvalue weighted by molar-refractivity contribution is 0.164. The third kappa shape index (κ3) is 3.96. The minimum Gasteiger partial charge on any atom is -0.380 e. The molecule has 2 unspecified atom stereocenters. The van der Waals surface area contributed by atoms with Crippen LogP contribution in [0.2, 0.25) is 0 Å². The van der Waals surface area contributed by atoms with Crippen molar-refractivity contribution < 1.29 is 9.47 Å². The van der Waals surface area contributed by atoms with Gasteiger partial charge in [-0.05, 0) is 26.9 Å². The molecule has 0 N–H and O–H groups in total. The normalized spacial score (nSPS) is 27.8. The lowest BCUT2D eigenvalue weighted by Gasteiger charge is -2.20. The molecule has 4 nitrogen and oxygen atoms in total. The molecule has 0 bridgehead atoms. The summed E-state index contributed by atoms with van der Waals surface area (Å²) in [6, 6.07) is 1.11. The summed E-state index contributed by atoms with van der Waals surface area (Å²) in [5.74, 6) is 6.51. The maximum atomic E-state index is 5.38. The summed E-state index contributed by atoms with van der Waals surface area (Å²) in [6.07, 6.45) is 2.27. The van der Waals surface area contributed by atoms with Crippen LogP contribution in [-0.4, -0.2) is 75.5 Å². The Bertz CT molecular complexity index is 271. The molecule has 2 aliphatic heterocycles. The first-order chi connectivity index (χ1) is 8.77. The number of ether oxygens (including phenoxy) is 2. The minimum atomic E-state index is 0.556. The van der Waals surface area contributed by atoms with Crippen molar-refractivity contribution in [3.63, 3.8) is 0 Å². The van der Waals surface area contributed by atoms with Crippen molar-refractivity contribution in [3.8, 4) is 11.8 Å². The van der Waals surface area contributed by atoms with Gasteiger partial charge in [0.2, 0.25) is 0 Å². The fourth-order valence-electron chi connectivity index (χ4n) is 2.36. The molecule has 2 atom stereocenters. The molecule has 2 fully saturated rings. The number of hydrogen-bond acceptors (Lipinski definition) is 4. The van der Waals surface area contributed by atoms with Crippen molar-refractivity contribution in [2.75, 3.05) is 53.6 Å². The van der Waals surface area contributed by atoms with E-state index < -0.39 is 0 Å². The molecule has 0 aromatic heterocycles. The van der Waals surface area contributed by atoms with Gasteiger partial charge in [0.1, 0.15) is 0 Å². The highest BCUT2D eigenvalue weighted by Gasteiger charge is 2.20. The quantitative estimate of drug-likeness (QED) is 0.678. The summed E-state index contributed by atoms with van der Waals surface area (Å²) in [5, 5.41) is 0. The molecule has 0 aliphatic carbocycles. The molecule has 0 saturated carbocycles. The molecule has 102 valence electrons. The van der Waals surface area contributed by atoms with Crippen molar-refractivity contribution in [1.82, 2.24) is 9.80 Å². The Morgan fingerprint density at radius 3 is 1.67 bits per heavy atom. The molecular formula is C14H24N2O2. The van der Waals surface area contributed by atoms with Crippen LogP contribution in [-0.2, 0) is 9.47 Å². The monoisotopic (exact) mass is 252 g/mol. The zero-order valence-electron chi connectivity index (χ0n) is 11.5. The van der Waals surface area contributed by atoms with Crippen LogP contribution in [0.4, 0.5) is 0 Å². The van der Waals surface area contributed by atoms with Crippen molar-refractivity contribution in [2.45, 2.75) is 24.9 Å². The van der Waals surface area contributed by atoms with Crippen LogP contribution < -0.4 is 0 Å². The van der Waals surface area contributed by atoms with E-state index in [0.29, 0.717) is 12.1 Å². The summed E-state index contributed by atoms with van der Waals surface area (Å²) in [6.45, 7) is 5.18. The summed E-state index contributed by atoms with van der Waals surface area (Å²) in [4.78, 5) is 4.58. The molecule has 4 heteroatoms. The molecule has 0 amide bonds. The maximum Gasteiger partial charge on any atom is 0.0622 e. The molecule has 2 rings (SSSR count). The molecular weight excluding hydrogens is 228 g/mol. The van der Waals surface area contributed by atoms with E-state index in [-0.39, 0.29) is 0 Å². The van der Waals surface area contributed by atoms with Crippen molar-refractivity contribution >= 4 is 0 Å². The summed E-state index contributed by atoms with van der Waals surface area (Å²) >= 11 is 0. The van der Waals surface area contributed by atoms with Gasteiger partial charge in [-0.25, -0.2) is 0 Å². The second-order valence-corrected chi connectivity index (χ2v) is 5.22. The predicted octanol–water partition coefficient (Wildman–Crippen LogP) is 0.431. The Balaban J connectivity index is 1.65. The standard InChI is InChI=1S/C14H24N2O2/c1-15(13-5-9-17-11-13)7-3-4-8-16(2)14-6-10-18-12-14/h13-14H,5-12H2,1-2H3. The van der Waals surface area contributed by atoms with E-state index in [9.17, 15) is 0 Å². The topological polar surface area (TPSA) is 24.9 Å². The number of nitrogens with zero attached hydrogens (tertiary/aromatic N) is 2. The first kappa shape index (κ1) is 13.8. The van der Waals surface area contributed by atoms with Gasteiger partial charge in [0.15, 0.2) is 0 Å². The smallest absolute Gasteiger partial charge is 0.0622 e. The Labute approximate surface area is 110 Å². The van der Waals surface area contributed by atoms with Gasteiger partial charge in [-0.1, -0.05) is 11.8 Å². The third-order valence-corrected chi connectivity index (χ3v) is 3.84. The Morgan fingerprint density at radius 1 is 0.889 bits per heavy atom. The van der Waals surface area contributed by atoms with Crippen LogP contribution in [0.25, 0.3) is 0 Å². The second-order valence-electron chi connectivity index (χ2n) is 5.22. The van der Waals surface area contributed by atoms with Crippen LogP contribution >= 0.6 is 0 Å². The molecule has 18 heavy (non-hydrogen) atoms. The van der Waals surface area contributed by atoms with E-state index >= 15 is 0 Å². The highest BCUT2D eigenvalue weighted by molar-refractivity contribution is 5.04. The van der Waals surface area contributed by atoms with E-state index in [1.54, 1.807) is 0 Å². The zero-order valence-corrected chi connectivity index (χ0v) is 11.5. The molecule has 0 aromatic rings. The first-order valence-corrected chi connectivity index (χ1v) is 6.79. The van der Waals surface area contributed by atoms with Gasteiger partial charge >= 0.3 is 0 Å². The molecule has 0 radical (unpaired) electrons. The van der Waals surface area contributed by atoms with Gasteiger partial charge in [-0.2, -0.15) is 0 Å². The Kier molecular flexibility index (Phi) is 5.45. The predicted molar refractivity (Wildman–Crippen MR) is 71.5 cm³/mol. The number of rotatable bonds is 4. The van der Waals surface area contributed by atoms with Crippen molar-refractivity contribution in [2.24, 2.45) is 0 Å². The van der Waals surface area contributed by atoms with Crippen LogP contribution in [0.5, 0.6) is 0 Å². The van der Waals surface area contributed by atoms with Gasteiger partial charge in [0.25, 0.3) is 0 Å². The maximum absolute atomic E-state index is 5.38. The second kappa shape index (κ2) is 7.10. The van der Waals surface area contributed by atoms with E-state index in [2.05, 4.69) is 35.7 Å². The van der Waals surface area contributed by atoms with E-state index in [4.69, 9.17) is 9.47 Å². The van der Waals surface area contributed by atoms with Crippen molar-refractivity contribution in [1.29, 1.82) is 0 Å². The average molecular weight is 252 g/mol. The summed E-state index contributed by atoms with van der Waals surface area (Å²) in [7, 11) is 4.26. The fraction of sp³-hybridized carbons (Fsp3) is 0.857. The lowest BCUT2D eigenvalue weighted by Crippen LogP contribution is -2.33. The largest absolute Gasteiger partial charge is 0.380 e. The van der Waals surface area contributed by atoms with Crippen LogP contribution in [0.15, 0.2) is 0 Å². The third-order valence-electron chi connectivity index (χ3n) is 3.84.